The topological polar surface area (TPSA) is 67.2 Å². The standard InChI is InChI=1S/C26H22Cl2N4OS/c1-2-3-5-15-6-4-12-29-22(15)24-23(19-8-7-16(27)14-20(19)28)32-26(34-24)18-11-13-30-25-17(18)9-10-21(33)31-25/h2,7-8,11-14H,1,3-6,9-10H2,(H,30,31,33). The first-order valence-corrected chi connectivity index (χ1v) is 12.7. The van der Waals surface area contributed by atoms with Gasteiger partial charge in [0.25, 0.3) is 0 Å². The Morgan fingerprint density at radius 3 is 2.85 bits per heavy atom. The van der Waals surface area contributed by atoms with Crippen molar-refractivity contribution in [3.8, 4) is 21.8 Å². The number of carbonyl (C=O) groups is 1. The predicted octanol–water partition coefficient (Wildman–Crippen LogP) is 7.61. The minimum atomic E-state index is -0.0147. The summed E-state index contributed by atoms with van der Waals surface area (Å²) in [5, 5.41) is 4.85. The van der Waals surface area contributed by atoms with Crippen molar-refractivity contribution in [1.29, 1.82) is 0 Å². The fourth-order valence-electron chi connectivity index (χ4n) is 4.29. The Morgan fingerprint density at radius 2 is 2.03 bits per heavy atom. The van der Waals surface area contributed by atoms with Gasteiger partial charge in [-0.2, -0.15) is 0 Å². The molecule has 34 heavy (non-hydrogen) atoms. The van der Waals surface area contributed by atoms with Crippen molar-refractivity contribution in [3.05, 3.63) is 69.2 Å². The van der Waals surface area contributed by atoms with Crippen LogP contribution in [0, 0.1) is 0 Å². The van der Waals surface area contributed by atoms with Gasteiger partial charge in [-0.15, -0.1) is 17.9 Å². The van der Waals surface area contributed by atoms with Crippen molar-refractivity contribution < 1.29 is 4.79 Å². The van der Waals surface area contributed by atoms with Gasteiger partial charge in [-0.3, -0.25) is 9.79 Å². The van der Waals surface area contributed by atoms with Crippen LogP contribution in [0.2, 0.25) is 10.0 Å². The fourth-order valence-corrected chi connectivity index (χ4v) is 5.97. The number of benzene rings is 1. The first kappa shape index (κ1) is 23.0. The molecule has 2 aliphatic heterocycles. The zero-order valence-electron chi connectivity index (χ0n) is 18.4. The number of carbonyl (C=O) groups excluding carboxylic acids is 1. The van der Waals surface area contributed by atoms with Crippen molar-refractivity contribution in [2.45, 2.75) is 38.5 Å². The van der Waals surface area contributed by atoms with E-state index in [1.165, 1.54) is 5.57 Å². The largest absolute Gasteiger partial charge is 0.310 e. The van der Waals surface area contributed by atoms with Gasteiger partial charge >= 0.3 is 0 Å². The van der Waals surface area contributed by atoms with E-state index in [0.717, 1.165) is 63.6 Å². The molecule has 5 rings (SSSR count). The molecule has 0 unspecified atom stereocenters. The van der Waals surface area contributed by atoms with Gasteiger partial charge in [0.2, 0.25) is 5.91 Å². The van der Waals surface area contributed by atoms with E-state index in [9.17, 15) is 4.79 Å². The maximum atomic E-state index is 11.9. The monoisotopic (exact) mass is 508 g/mol. The third-order valence-corrected chi connectivity index (χ3v) is 7.60. The molecular weight excluding hydrogens is 487 g/mol. The average Bonchev–Trinajstić information content (AvgIpc) is 3.27. The number of aliphatic imine (C=N–C) groups is 1. The Labute approximate surface area is 212 Å². The number of thiazole rings is 1. The SMILES string of the molecule is C=CCCC1=C(c2sc(-c3ccnc4c3CCC(=O)N4)nc2-c2ccc(Cl)cc2Cl)N=CCC1. The number of halogens is 2. The van der Waals surface area contributed by atoms with Gasteiger partial charge in [-0.05, 0) is 61.9 Å². The number of fused-ring (bicyclic) bond motifs is 1. The van der Waals surface area contributed by atoms with Crippen LogP contribution in [0.15, 0.2) is 53.7 Å². The molecule has 0 spiro atoms. The molecule has 5 nitrogen and oxygen atoms in total. The second kappa shape index (κ2) is 9.82. The lowest BCUT2D eigenvalue weighted by Gasteiger charge is -2.17. The third kappa shape index (κ3) is 4.45. The average molecular weight is 509 g/mol. The maximum Gasteiger partial charge on any atom is 0.225 e. The van der Waals surface area contributed by atoms with Gasteiger partial charge in [-0.25, -0.2) is 9.97 Å². The highest BCUT2D eigenvalue weighted by atomic mass is 35.5. The third-order valence-electron chi connectivity index (χ3n) is 5.96. The van der Waals surface area contributed by atoms with Crippen molar-refractivity contribution in [3.63, 3.8) is 0 Å². The number of pyridine rings is 1. The first-order valence-electron chi connectivity index (χ1n) is 11.2. The first-order chi connectivity index (χ1) is 16.5. The number of hydrogen-bond acceptors (Lipinski definition) is 5. The highest BCUT2D eigenvalue weighted by Gasteiger charge is 2.26. The van der Waals surface area contributed by atoms with Gasteiger partial charge in [0, 0.05) is 40.5 Å². The van der Waals surface area contributed by atoms with Crippen LogP contribution >= 0.6 is 34.5 Å². The van der Waals surface area contributed by atoms with Gasteiger partial charge in [0.05, 0.1) is 21.3 Å². The van der Waals surface area contributed by atoms with E-state index in [-0.39, 0.29) is 5.91 Å². The molecule has 172 valence electrons. The van der Waals surface area contributed by atoms with Crippen LogP contribution < -0.4 is 5.32 Å². The Kier molecular flexibility index (Phi) is 6.63. The smallest absolute Gasteiger partial charge is 0.225 e. The summed E-state index contributed by atoms with van der Waals surface area (Å²) in [5.74, 6) is 0.595. The van der Waals surface area contributed by atoms with Crippen LogP contribution in [-0.2, 0) is 11.2 Å². The van der Waals surface area contributed by atoms with E-state index in [4.69, 9.17) is 33.2 Å². The molecule has 0 radical (unpaired) electrons. The second-order valence-corrected chi connectivity index (χ2v) is 10.0. The minimum absolute atomic E-state index is 0.0147. The number of rotatable bonds is 6. The van der Waals surface area contributed by atoms with Crippen molar-refractivity contribution in [1.82, 2.24) is 9.97 Å². The molecule has 2 aromatic heterocycles. The molecular formula is C26H22Cl2N4OS. The number of allylic oxidation sites excluding steroid dienone is 2. The van der Waals surface area contributed by atoms with Crippen LogP contribution in [0.25, 0.3) is 27.5 Å². The second-order valence-electron chi connectivity index (χ2n) is 8.18. The van der Waals surface area contributed by atoms with E-state index < -0.39 is 0 Å². The van der Waals surface area contributed by atoms with Crippen LogP contribution in [-0.4, -0.2) is 22.1 Å². The minimum Gasteiger partial charge on any atom is -0.310 e. The molecule has 0 saturated carbocycles. The zero-order valence-corrected chi connectivity index (χ0v) is 20.7. The lowest BCUT2D eigenvalue weighted by atomic mass is 9.98. The number of amides is 1. The highest BCUT2D eigenvalue weighted by molar-refractivity contribution is 7.16. The lowest BCUT2D eigenvalue weighted by molar-refractivity contribution is -0.116. The van der Waals surface area contributed by atoms with E-state index in [0.29, 0.717) is 28.7 Å². The van der Waals surface area contributed by atoms with Gasteiger partial charge in [0.15, 0.2) is 0 Å². The summed E-state index contributed by atoms with van der Waals surface area (Å²) < 4.78 is 0. The quantitative estimate of drug-likeness (QED) is 0.348. The van der Waals surface area contributed by atoms with Gasteiger partial charge < -0.3 is 5.32 Å². The fraction of sp³-hybridized carbons (Fsp3) is 0.231. The van der Waals surface area contributed by atoms with E-state index in [2.05, 4.69) is 16.9 Å². The number of hydrogen-bond donors (Lipinski definition) is 1. The summed E-state index contributed by atoms with van der Waals surface area (Å²) in [6.45, 7) is 3.88. The molecule has 0 fully saturated rings. The molecule has 4 heterocycles. The summed E-state index contributed by atoms with van der Waals surface area (Å²) >= 11 is 14.4. The van der Waals surface area contributed by atoms with Gasteiger partial charge in [0.1, 0.15) is 10.8 Å². The molecule has 0 atom stereocenters. The summed E-state index contributed by atoms with van der Waals surface area (Å²) in [5.41, 5.74) is 5.85. The Balaban J connectivity index is 1.71. The van der Waals surface area contributed by atoms with Crippen LogP contribution in [0.4, 0.5) is 5.82 Å². The lowest BCUT2D eigenvalue weighted by Crippen LogP contribution is -2.20. The Morgan fingerprint density at radius 1 is 1.15 bits per heavy atom. The summed E-state index contributed by atoms with van der Waals surface area (Å²) in [6, 6.07) is 7.43. The zero-order chi connectivity index (χ0) is 23.7. The number of nitrogens with one attached hydrogen (secondary N) is 1. The normalized spacial score (nSPS) is 15.3. The molecule has 3 aromatic rings. The van der Waals surface area contributed by atoms with Gasteiger partial charge in [-0.1, -0.05) is 29.3 Å². The van der Waals surface area contributed by atoms with E-state index in [1.807, 2.05) is 30.5 Å². The van der Waals surface area contributed by atoms with Crippen LogP contribution in [0.5, 0.6) is 0 Å². The molecule has 0 aliphatic carbocycles. The number of aromatic nitrogens is 2. The van der Waals surface area contributed by atoms with E-state index in [1.54, 1.807) is 23.6 Å². The molecule has 1 N–H and O–H groups in total. The summed E-state index contributed by atoms with van der Waals surface area (Å²) in [4.78, 5) is 27.2. The molecule has 1 amide bonds. The summed E-state index contributed by atoms with van der Waals surface area (Å²) in [6.07, 6.45) is 10.4. The molecule has 1 aromatic carbocycles. The molecule has 0 bridgehead atoms. The summed E-state index contributed by atoms with van der Waals surface area (Å²) in [7, 11) is 0. The molecule has 2 aliphatic rings. The van der Waals surface area contributed by atoms with Crippen LogP contribution in [0.1, 0.15) is 42.5 Å². The van der Waals surface area contributed by atoms with Crippen LogP contribution in [0.3, 0.4) is 0 Å². The maximum absolute atomic E-state index is 11.9. The molecule has 8 heteroatoms. The number of nitrogens with zero attached hydrogens (tertiary/aromatic N) is 3. The Bertz CT molecular complexity index is 1360. The van der Waals surface area contributed by atoms with E-state index >= 15 is 0 Å². The van der Waals surface area contributed by atoms with Crippen molar-refractivity contribution >= 4 is 58.2 Å². The number of anilines is 1. The van der Waals surface area contributed by atoms with Crippen molar-refractivity contribution in [2.75, 3.05) is 5.32 Å². The Hall–Kier alpha value is -2.80. The predicted molar refractivity (Wildman–Crippen MR) is 142 cm³/mol. The molecule has 0 saturated heterocycles. The highest BCUT2D eigenvalue weighted by Crippen LogP contribution is 2.45. The van der Waals surface area contributed by atoms with Crippen molar-refractivity contribution in [2.24, 2.45) is 4.99 Å².